The van der Waals surface area contributed by atoms with Crippen LogP contribution in [0.4, 0.5) is 10.5 Å². The van der Waals surface area contributed by atoms with Crippen LogP contribution in [0.5, 0.6) is 0 Å². The van der Waals surface area contributed by atoms with Crippen LogP contribution in [0.1, 0.15) is 18.1 Å². The molecule has 6 aromatic rings. The first-order valence-electron chi connectivity index (χ1n) is 12.9. The van der Waals surface area contributed by atoms with Gasteiger partial charge in [0.25, 0.3) is 0 Å². The molecular formula is C32H29N2O4P. The van der Waals surface area contributed by atoms with Gasteiger partial charge in [0.1, 0.15) is 11.2 Å². The maximum atomic E-state index is 12.5. The number of anilines is 1. The third kappa shape index (κ3) is 4.97. The predicted molar refractivity (Wildman–Crippen MR) is 160 cm³/mol. The van der Waals surface area contributed by atoms with Crippen molar-refractivity contribution >= 4 is 63.4 Å². The Kier molecular flexibility index (Phi) is 6.74. The molecule has 0 aliphatic rings. The smallest absolute Gasteiger partial charge is 0.387 e. The Morgan fingerprint density at radius 3 is 1.87 bits per heavy atom. The van der Waals surface area contributed by atoms with Crippen LogP contribution in [0.3, 0.4) is 0 Å². The molecule has 0 fully saturated rings. The highest BCUT2D eigenvalue weighted by Gasteiger charge is 2.17. The number of rotatable bonds is 5. The van der Waals surface area contributed by atoms with Crippen molar-refractivity contribution in [2.24, 2.45) is 0 Å². The molecule has 0 saturated carbocycles. The second-order valence-electron chi connectivity index (χ2n) is 9.80. The van der Waals surface area contributed by atoms with Gasteiger partial charge in [0.05, 0.1) is 12.6 Å². The monoisotopic (exact) mass is 536 g/mol. The summed E-state index contributed by atoms with van der Waals surface area (Å²) < 4.78 is 19.3. The van der Waals surface area contributed by atoms with Gasteiger partial charge in [-0.1, -0.05) is 66.7 Å². The third-order valence-electron chi connectivity index (χ3n) is 6.80. The lowest BCUT2D eigenvalue weighted by atomic mass is 9.95. The molecular weight excluding hydrogens is 507 g/mol. The van der Waals surface area contributed by atoms with Crippen LogP contribution >= 0.6 is 8.24 Å². The van der Waals surface area contributed by atoms with Crippen molar-refractivity contribution in [3.05, 3.63) is 102 Å². The molecule has 5 aromatic carbocycles. The maximum Gasteiger partial charge on any atom is 0.387 e. The summed E-state index contributed by atoms with van der Waals surface area (Å²) in [6.45, 7) is 6.22. The number of aryl methyl sites for hydroxylation is 2. The summed E-state index contributed by atoms with van der Waals surface area (Å²) in [7, 11) is -1.79. The Hall–Kier alpha value is -4.25. The molecule has 2 amide bonds. The van der Waals surface area contributed by atoms with Gasteiger partial charge >= 0.3 is 14.3 Å². The normalized spacial score (nSPS) is 12.2. The predicted octanol–water partition coefficient (Wildman–Crippen LogP) is 8.85. The van der Waals surface area contributed by atoms with Gasteiger partial charge in [-0.3, -0.25) is 4.52 Å². The number of amides is 2. The Labute approximate surface area is 227 Å². The minimum Gasteiger partial charge on any atom is -0.399 e. The molecule has 0 bridgehead atoms. The molecule has 39 heavy (non-hydrogen) atoms. The molecule has 6 nitrogen and oxygen atoms in total. The molecule has 6 rings (SSSR count). The van der Waals surface area contributed by atoms with E-state index in [1.54, 1.807) is 0 Å². The molecule has 2 N–H and O–H groups in total. The van der Waals surface area contributed by atoms with E-state index in [9.17, 15) is 4.79 Å². The zero-order valence-corrected chi connectivity index (χ0v) is 22.9. The Morgan fingerprint density at radius 1 is 0.795 bits per heavy atom. The lowest BCUT2D eigenvalue weighted by molar-refractivity contribution is 0.243. The summed E-state index contributed by atoms with van der Waals surface area (Å²) in [6.07, 6.45) is 0. The van der Waals surface area contributed by atoms with Gasteiger partial charge in [-0.05, 0) is 77.7 Å². The largest absolute Gasteiger partial charge is 0.399 e. The summed E-state index contributed by atoms with van der Waals surface area (Å²) in [5.41, 5.74) is 4.26. The van der Waals surface area contributed by atoms with Gasteiger partial charge in [-0.15, -0.1) is 0 Å². The molecule has 0 aliphatic heterocycles. The van der Waals surface area contributed by atoms with Gasteiger partial charge in [0, 0.05) is 16.5 Å². The van der Waals surface area contributed by atoms with E-state index in [-0.39, 0.29) is 18.7 Å². The van der Waals surface area contributed by atoms with Crippen LogP contribution in [-0.4, -0.2) is 18.7 Å². The van der Waals surface area contributed by atoms with Crippen LogP contribution < -0.4 is 15.2 Å². The van der Waals surface area contributed by atoms with Crippen molar-refractivity contribution in [1.29, 1.82) is 0 Å². The average Bonchev–Trinajstić information content (AvgIpc) is 3.11. The van der Waals surface area contributed by atoms with Crippen LogP contribution in [0.25, 0.3) is 43.5 Å². The van der Waals surface area contributed by atoms with Crippen molar-refractivity contribution in [2.45, 2.75) is 26.8 Å². The first-order chi connectivity index (χ1) is 19.0. The zero-order valence-electron chi connectivity index (χ0n) is 22.0. The number of fused-ring (bicyclic) bond motifs is 7. The summed E-state index contributed by atoms with van der Waals surface area (Å²) in [5.74, 6) is 0. The van der Waals surface area contributed by atoms with E-state index in [2.05, 4.69) is 85.1 Å². The van der Waals surface area contributed by atoms with Gasteiger partial charge in [0.2, 0.25) is 0 Å². The van der Waals surface area contributed by atoms with Crippen molar-refractivity contribution in [3.8, 4) is 0 Å². The standard InChI is InChI=1S/C32H29N2O4P/c1-20-17-23-11-7-9-15-26(23)28-29-27-16-10-8-12-24(27)18-21(2)31(29)38-39(37-30(20)28)36-19-22(3)33-32(35)34-25-13-5-4-6-14-25/h4-18,22H,19H2,1-3H3,(H2,33,34,35)/t22-/m0/s1. The number of urea groups is 1. The maximum absolute atomic E-state index is 12.5. The molecule has 0 radical (unpaired) electrons. The highest BCUT2D eigenvalue weighted by Crippen LogP contribution is 2.42. The van der Waals surface area contributed by atoms with Crippen molar-refractivity contribution in [1.82, 2.24) is 5.32 Å². The number of benzene rings is 5. The summed E-state index contributed by atoms with van der Waals surface area (Å²) in [5, 5.41) is 12.3. The van der Waals surface area contributed by atoms with Crippen molar-refractivity contribution in [2.75, 3.05) is 11.9 Å². The minimum absolute atomic E-state index is 0.220. The van der Waals surface area contributed by atoms with E-state index < -0.39 is 8.24 Å². The van der Waals surface area contributed by atoms with E-state index in [0.29, 0.717) is 0 Å². The number of para-hydroxylation sites is 1. The number of carbonyl (C=O) groups is 1. The van der Waals surface area contributed by atoms with E-state index in [1.165, 1.54) is 0 Å². The first-order valence-corrected chi connectivity index (χ1v) is 14.0. The van der Waals surface area contributed by atoms with Gasteiger partial charge in [-0.25, -0.2) is 4.79 Å². The van der Waals surface area contributed by atoms with Crippen LogP contribution in [-0.2, 0) is 0 Å². The quantitative estimate of drug-likeness (QED) is 0.231. The molecule has 0 spiro atoms. The Morgan fingerprint density at radius 2 is 1.31 bits per heavy atom. The molecule has 0 saturated heterocycles. The highest BCUT2D eigenvalue weighted by molar-refractivity contribution is 7.31. The molecule has 1 heterocycles. The highest BCUT2D eigenvalue weighted by atomic mass is 31.1. The third-order valence-corrected chi connectivity index (χ3v) is 7.82. The summed E-state index contributed by atoms with van der Waals surface area (Å²) in [4.78, 5) is 12.5. The second kappa shape index (κ2) is 10.5. The summed E-state index contributed by atoms with van der Waals surface area (Å²) in [6, 6.07) is 29.7. The van der Waals surface area contributed by atoms with Crippen LogP contribution in [0, 0.1) is 13.8 Å². The summed E-state index contributed by atoms with van der Waals surface area (Å²) >= 11 is 0. The lowest BCUT2D eigenvalue weighted by Crippen LogP contribution is -2.39. The zero-order chi connectivity index (χ0) is 26.9. The number of hydrogen-bond donors (Lipinski definition) is 2. The fraction of sp³-hybridized carbons (Fsp3) is 0.156. The van der Waals surface area contributed by atoms with Crippen LogP contribution in [0.2, 0.25) is 0 Å². The molecule has 0 unspecified atom stereocenters. The average molecular weight is 537 g/mol. The van der Waals surface area contributed by atoms with Gasteiger partial charge in [0.15, 0.2) is 0 Å². The molecule has 7 heteroatoms. The van der Waals surface area contributed by atoms with E-state index in [4.69, 9.17) is 12.9 Å². The Balaban J connectivity index is 1.45. The Bertz CT molecular complexity index is 1780. The minimum atomic E-state index is -1.79. The lowest BCUT2D eigenvalue weighted by Gasteiger charge is -2.13. The number of hydrogen-bond acceptors (Lipinski definition) is 4. The van der Waals surface area contributed by atoms with Crippen molar-refractivity contribution in [3.63, 3.8) is 0 Å². The first kappa shape index (κ1) is 25.1. The van der Waals surface area contributed by atoms with E-state index in [1.807, 2.05) is 37.3 Å². The topological polar surface area (TPSA) is 76.6 Å². The van der Waals surface area contributed by atoms with Crippen molar-refractivity contribution < 1.29 is 17.7 Å². The SMILES string of the molecule is Cc1cc2ccccc2c2c1op(OC[C@H](C)NC(=O)Nc1ccccc1)oc1c(C)cc3ccccc3c12. The van der Waals surface area contributed by atoms with E-state index >= 15 is 0 Å². The molecule has 0 aliphatic carbocycles. The van der Waals surface area contributed by atoms with Gasteiger partial charge < -0.3 is 19.0 Å². The molecule has 1 aromatic heterocycles. The van der Waals surface area contributed by atoms with Gasteiger partial charge in [-0.2, -0.15) is 0 Å². The number of carbonyl (C=O) groups excluding carboxylic acids is 1. The fourth-order valence-corrected chi connectivity index (χ4v) is 6.27. The molecule has 196 valence electrons. The molecule has 1 atom stereocenters. The van der Waals surface area contributed by atoms with E-state index in [0.717, 1.165) is 60.3 Å². The second-order valence-corrected chi connectivity index (χ2v) is 10.9. The fourth-order valence-electron chi connectivity index (χ4n) is 5.02. The number of nitrogens with one attached hydrogen (secondary N) is 2. The van der Waals surface area contributed by atoms with Crippen LogP contribution in [0.15, 0.2) is 99.4 Å².